The summed E-state index contributed by atoms with van der Waals surface area (Å²) in [7, 11) is 0. The molecule has 0 aliphatic heterocycles. The highest BCUT2D eigenvalue weighted by molar-refractivity contribution is 5.87. The fraction of sp³-hybridized carbons (Fsp3) is 0.235. The lowest BCUT2D eigenvalue weighted by molar-refractivity contribution is 0.249. The molecule has 3 aromatic rings. The van der Waals surface area contributed by atoms with E-state index in [2.05, 4.69) is 30.8 Å². The Kier molecular flexibility index (Phi) is 5.30. The van der Waals surface area contributed by atoms with Gasteiger partial charge in [0.05, 0.1) is 18.2 Å². The van der Waals surface area contributed by atoms with Crippen LogP contribution in [0.15, 0.2) is 55.2 Å². The van der Waals surface area contributed by atoms with E-state index in [1.54, 1.807) is 18.7 Å². The second kappa shape index (κ2) is 8.00. The second-order valence-corrected chi connectivity index (χ2v) is 5.73. The van der Waals surface area contributed by atoms with Crippen molar-refractivity contribution in [3.63, 3.8) is 0 Å². The Hall–Kier alpha value is -3.29. The predicted molar refractivity (Wildman–Crippen MR) is 93.7 cm³/mol. The Bertz CT molecular complexity index is 805. The fourth-order valence-corrected chi connectivity index (χ4v) is 2.34. The number of nitrogens with one attached hydrogen (secondary N) is 2. The van der Waals surface area contributed by atoms with Crippen molar-refractivity contribution in [3.8, 4) is 11.3 Å². The van der Waals surface area contributed by atoms with Crippen LogP contribution in [0.2, 0.25) is 0 Å². The summed E-state index contributed by atoms with van der Waals surface area (Å²) in [6.45, 7) is 3.35. The van der Waals surface area contributed by atoms with Crippen molar-refractivity contribution in [1.29, 1.82) is 0 Å². The van der Waals surface area contributed by atoms with Gasteiger partial charge in [0.15, 0.2) is 0 Å². The maximum absolute atomic E-state index is 12.0. The zero-order valence-corrected chi connectivity index (χ0v) is 13.8. The summed E-state index contributed by atoms with van der Waals surface area (Å²) in [6.07, 6.45) is 6.94. The number of carbonyl (C=O) groups excluding carboxylic acids is 1. The number of nitrogens with zero attached hydrogens (tertiary/aromatic N) is 5. The van der Waals surface area contributed by atoms with Gasteiger partial charge in [-0.1, -0.05) is 37.3 Å². The highest BCUT2D eigenvalue weighted by Gasteiger charge is 2.09. The van der Waals surface area contributed by atoms with E-state index in [9.17, 15) is 4.79 Å². The number of aromatic nitrogens is 5. The van der Waals surface area contributed by atoms with Crippen molar-refractivity contribution in [3.05, 3.63) is 55.2 Å². The highest BCUT2D eigenvalue weighted by atomic mass is 16.2. The first kappa shape index (κ1) is 16.6. The van der Waals surface area contributed by atoms with Crippen LogP contribution in [0.4, 0.5) is 10.7 Å². The predicted octanol–water partition coefficient (Wildman–Crippen LogP) is 2.19. The summed E-state index contributed by atoms with van der Waals surface area (Å²) in [5.41, 5.74) is 1.56. The lowest BCUT2D eigenvalue weighted by Crippen LogP contribution is -2.34. The molecule has 128 valence electrons. The van der Waals surface area contributed by atoms with Crippen LogP contribution in [0.3, 0.4) is 0 Å². The van der Waals surface area contributed by atoms with Gasteiger partial charge in [-0.3, -0.25) is 5.32 Å². The minimum Gasteiger partial charge on any atom is -0.337 e. The van der Waals surface area contributed by atoms with Gasteiger partial charge in [-0.15, -0.1) is 5.10 Å². The molecule has 0 spiro atoms. The molecule has 3 rings (SSSR count). The molecule has 2 aromatic heterocycles. The Labute approximate surface area is 145 Å². The number of rotatable bonds is 6. The minimum atomic E-state index is -0.357. The third-order valence-corrected chi connectivity index (χ3v) is 3.55. The van der Waals surface area contributed by atoms with Crippen LogP contribution in [-0.4, -0.2) is 37.3 Å². The molecule has 2 heterocycles. The monoisotopic (exact) mass is 337 g/mol. The zero-order chi connectivity index (χ0) is 17.5. The van der Waals surface area contributed by atoms with E-state index < -0.39 is 0 Å². The van der Waals surface area contributed by atoms with Gasteiger partial charge in [0.25, 0.3) is 5.95 Å². The number of anilines is 1. The number of carbonyl (C=O) groups is 1. The summed E-state index contributed by atoms with van der Waals surface area (Å²) < 4.78 is 1.97. The van der Waals surface area contributed by atoms with Crippen molar-refractivity contribution in [2.24, 2.45) is 5.92 Å². The molecule has 0 radical (unpaired) electrons. The van der Waals surface area contributed by atoms with Gasteiger partial charge in [-0.05, 0) is 5.92 Å². The van der Waals surface area contributed by atoms with E-state index in [1.807, 2.05) is 48.0 Å². The van der Waals surface area contributed by atoms with Gasteiger partial charge in [-0.25, -0.2) is 14.8 Å². The van der Waals surface area contributed by atoms with Crippen molar-refractivity contribution in [2.45, 2.75) is 13.5 Å². The average molecular weight is 337 g/mol. The van der Waals surface area contributed by atoms with Gasteiger partial charge in [0.2, 0.25) is 0 Å². The molecule has 1 atom stereocenters. The highest BCUT2D eigenvalue weighted by Crippen LogP contribution is 2.15. The van der Waals surface area contributed by atoms with Crippen LogP contribution in [0, 0.1) is 5.92 Å². The Morgan fingerprint density at radius 1 is 1.28 bits per heavy atom. The first-order valence-corrected chi connectivity index (χ1v) is 7.96. The number of benzene rings is 1. The van der Waals surface area contributed by atoms with Gasteiger partial charge in [-0.2, -0.15) is 5.10 Å². The molecule has 25 heavy (non-hydrogen) atoms. The molecule has 0 aliphatic carbocycles. The second-order valence-electron chi connectivity index (χ2n) is 5.73. The Balaban J connectivity index is 1.52. The molecular weight excluding hydrogens is 318 g/mol. The summed E-state index contributed by atoms with van der Waals surface area (Å²) in [4.78, 5) is 20.3. The van der Waals surface area contributed by atoms with E-state index in [-0.39, 0.29) is 17.9 Å². The van der Waals surface area contributed by atoms with Crippen molar-refractivity contribution in [2.75, 3.05) is 11.9 Å². The summed E-state index contributed by atoms with van der Waals surface area (Å²) in [6, 6.07) is 9.25. The van der Waals surface area contributed by atoms with Crippen LogP contribution in [0.25, 0.3) is 11.3 Å². The fourth-order valence-electron chi connectivity index (χ4n) is 2.34. The van der Waals surface area contributed by atoms with Crippen LogP contribution in [-0.2, 0) is 6.54 Å². The van der Waals surface area contributed by atoms with Crippen molar-refractivity contribution >= 4 is 12.0 Å². The van der Waals surface area contributed by atoms with E-state index in [0.717, 1.165) is 12.1 Å². The Morgan fingerprint density at radius 2 is 2.12 bits per heavy atom. The molecule has 0 bridgehead atoms. The van der Waals surface area contributed by atoms with E-state index in [0.29, 0.717) is 12.2 Å². The lowest BCUT2D eigenvalue weighted by Gasteiger charge is -2.13. The standard InChI is InChI=1S/C17H19N7O/c1-13(11-24-8-7-18-12-24)9-19-17(25)22-16-21-15(10-20-23-16)14-5-3-2-4-6-14/h2-8,10,12-13H,9,11H2,1H3,(H2,19,21,22,23,25). The third-order valence-electron chi connectivity index (χ3n) is 3.55. The smallest absolute Gasteiger partial charge is 0.321 e. The molecule has 0 aliphatic rings. The summed E-state index contributed by atoms with van der Waals surface area (Å²) in [5, 5.41) is 13.2. The first-order valence-electron chi connectivity index (χ1n) is 7.96. The topological polar surface area (TPSA) is 97.6 Å². The van der Waals surface area contributed by atoms with Crippen LogP contribution >= 0.6 is 0 Å². The summed E-state index contributed by atoms with van der Waals surface area (Å²) in [5.74, 6) is 0.427. The Morgan fingerprint density at radius 3 is 2.88 bits per heavy atom. The van der Waals surface area contributed by atoms with E-state index in [1.165, 1.54) is 0 Å². The summed E-state index contributed by atoms with van der Waals surface area (Å²) >= 11 is 0. The number of hydrogen-bond donors (Lipinski definition) is 2. The third kappa shape index (κ3) is 4.84. The quantitative estimate of drug-likeness (QED) is 0.718. The molecule has 0 fully saturated rings. The van der Waals surface area contributed by atoms with Gasteiger partial charge >= 0.3 is 6.03 Å². The molecule has 2 N–H and O–H groups in total. The number of amides is 2. The first-order chi connectivity index (χ1) is 12.2. The molecule has 8 nitrogen and oxygen atoms in total. The number of hydrogen-bond acceptors (Lipinski definition) is 5. The molecule has 8 heteroatoms. The molecule has 1 unspecified atom stereocenters. The molecule has 2 amide bonds. The van der Waals surface area contributed by atoms with Crippen molar-refractivity contribution in [1.82, 2.24) is 30.0 Å². The number of urea groups is 1. The van der Waals surface area contributed by atoms with Gasteiger partial charge in [0.1, 0.15) is 0 Å². The number of imidazole rings is 1. The van der Waals surface area contributed by atoms with Crippen LogP contribution in [0.1, 0.15) is 6.92 Å². The maximum atomic E-state index is 12.0. The molecule has 0 saturated heterocycles. The minimum absolute atomic E-state index is 0.168. The van der Waals surface area contributed by atoms with E-state index in [4.69, 9.17) is 0 Å². The molecular formula is C17H19N7O. The largest absolute Gasteiger partial charge is 0.337 e. The van der Waals surface area contributed by atoms with Crippen LogP contribution < -0.4 is 10.6 Å². The van der Waals surface area contributed by atoms with Crippen LogP contribution in [0.5, 0.6) is 0 Å². The maximum Gasteiger partial charge on any atom is 0.321 e. The van der Waals surface area contributed by atoms with Gasteiger partial charge in [0, 0.05) is 31.0 Å². The average Bonchev–Trinajstić information content (AvgIpc) is 3.14. The SMILES string of the molecule is CC(CNC(=O)Nc1nncc(-c2ccccc2)n1)Cn1ccnc1. The zero-order valence-electron chi connectivity index (χ0n) is 13.8. The molecule has 1 aromatic carbocycles. The van der Waals surface area contributed by atoms with Gasteiger partial charge < -0.3 is 9.88 Å². The normalized spacial score (nSPS) is 11.7. The van der Waals surface area contributed by atoms with E-state index >= 15 is 0 Å². The molecule has 0 saturated carbocycles. The lowest BCUT2D eigenvalue weighted by atomic mass is 10.2. The van der Waals surface area contributed by atoms with Crippen molar-refractivity contribution < 1.29 is 4.79 Å².